The van der Waals surface area contributed by atoms with Gasteiger partial charge in [-0.1, -0.05) is 0 Å². The smallest absolute Gasteiger partial charge is 0.145 e. The quantitative estimate of drug-likeness (QED) is 0.845. The van der Waals surface area contributed by atoms with E-state index in [4.69, 9.17) is 0 Å². The molecule has 1 N–H and O–H groups in total. The molecular weight excluding hydrogens is 290 g/mol. The molecule has 1 aromatic rings. The first-order valence-electron chi connectivity index (χ1n) is 5.69. The van der Waals surface area contributed by atoms with Crippen molar-refractivity contribution >= 4 is 15.9 Å². The molecule has 5 heteroatoms. The topological polar surface area (TPSA) is 15.3 Å². The molecule has 0 saturated carbocycles. The van der Waals surface area contributed by atoms with Crippen LogP contribution in [0.25, 0.3) is 0 Å². The fraction of sp³-hybridized carbons (Fsp3) is 0.500. The molecule has 94 valence electrons. The normalized spacial score (nSPS) is 19.3. The lowest BCUT2D eigenvalue weighted by atomic mass is 10.0. The van der Waals surface area contributed by atoms with Gasteiger partial charge in [0.1, 0.15) is 11.6 Å². The molecule has 1 heterocycles. The van der Waals surface area contributed by atoms with E-state index in [9.17, 15) is 8.78 Å². The standard InChI is InChI=1S/C12H15BrF2N2/c1-8(17-6-4-16-5-7-17)11-10(14)3-2-9(13)12(11)15/h2-3,8,16H,4-7H2,1H3/t8-/m1/s1. The predicted octanol–water partition coefficient (Wildman–Crippen LogP) is 2.69. The summed E-state index contributed by atoms with van der Waals surface area (Å²) < 4.78 is 28.0. The molecule has 1 aromatic carbocycles. The van der Waals surface area contributed by atoms with E-state index in [0.29, 0.717) is 4.47 Å². The molecule has 0 radical (unpaired) electrons. The number of rotatable bonds is 2. The molecule has 0 amide bonds. The fourth-order valence-electron chi connectivity index (χ4n) is 2.18. The second kappa shape index (κ2) is 5.42. The van der Waals surface area contributed by atoms with E-state index in [2.05, 4.69) is 26.1 Å². The first-order valence-corrected chi connectivity index (χ1v) is 6.48. The Morgan fingerprint density at radius 3 is 2.59 bits per heavy atom. The number of benzene rings is 1. The molecule has 0 unspecified atom stereocenters. The molecule has 17 heavy (non-hydrogen) atoms. The van der Waals surface area contributed by atoms with Crippen molar-refractivity contribution < 1.29 is 8.78 Å². The van der Waals surface area contributed by atoms with Crippen LogP contribution >= 0.6 is 15.9 Å². The molecule has 0 spiro atoms. The first-order chi connectivity index (χ1) is 8.11. The molecule has 1 saturated heterocycles. The molecule has 0 aromatic heterocycles. The Bertz CT molecular complexity index is 406. The average molecular weight is 305 g/mol. The molecule has 1 atom stereocenters. The second-order valence-corrected chi connectivity index (χ2v) is 5.07. The van der Waals surface area contributed by atoms with Crippen LogP contribution in [0.5, 0.6) is 0 Å². The van der Waals surface area contributed by atoms with Crippen LogP contribution in [0.15, 0.2) is 16.6 Å². The third kappa shape index (κ3) is 2.67. The van der Waals surface area contributed by atoms with Crippen molar-refractivity contribution in [3.8, 4) is 0 Å². The van der Waals surface area contributed by atoms with Gasteiger partial charge in [0.2, 0.25) is 0 Å². The van der Waals surface area contributed by atoms with Gasteiger partial charge < -0.3 is 5.32 Å². The highest BCUT2D eigenvalue weighted by Crippen LogP contribution is 2.29. The molecule has 1 aliphatic heterocycles. The van der Waals surface area contributed by atoms with Crippen LogP contribution in [0.3, 0.4) is 0 Å². The Kier molecular flexibility index (Phi) is 4.12. The summed E-state index contributed by atoms with van der Waals surface area (Å²) in [6.45, 7) is 5.20. The minimum Gasteiger partial charge on any atom is -0.314 e. The lowest BCUT2D eigenvalue weighted by Gasteiger charge is -2.33. The van der Waals surface area contributed by atoms with E-state index in [0.717, 1.165) is 26.2 Å². The van der Waals surface area contributed by atoms with Crippen LogP contribution in [-0.4, -0.2) is 31.1 Å². The number of hydrogen-bond donors (Lipinski definition) is 1. The number of hydrogen-bond acceptors (Lipinski definition) is 2. The van der Waals surface area contributed by atoms with Gasteiger partial charge >= 0.3 is 0 Å². The van der Waals surface area contributed by atoms with Gasteiger partial charge in [-0.05, 0) is 35.0 Å². The zero-order valence-corrected chi connectivity index (χ0v) is 11.2. The summed E-state index contributed by atoms with van der Waals surface area (Å²) in [5, 5.41) is 3.22. The Hall–Kier alpha value is -0.520. The summed E-state index contributed by atoms with van der Waals surface area (Å²) in [5.74, 6) is -0.965. The summed E-state index contributed by atoms with van der Waals surface area (Å²) >= 11 is 3.10. The van der Waals surface area contributed by atoms with Gasteiger partial charge in [-0.15, -0.1) is 0 Å². The van der Waals surface area contributed by atoms with Crippen molar-refractivity contribution in [2.75, 3.05) is 26.2 Å². The molecule has 2 rings (SSSR count). The van der Waals surface area contributed by atoms with Crippen molar-refractivity contribution in [2.45, 2.75) is 13.0 Å². The zero-order chi connectivity index (χ0) is 12.4. The van der Waals surface area contributed by atoms with Crippen LogP contribution in [-0.2, 0) is 0 Å². The SMILES string of the molecule is C[C@H](c1c(F)ccc(Br)c1F)N1CCNCC1. The fourth-order valence-corrected chi connectivity index (χ4v) is 2.52. The lowest BCUT2D eigenvalue weighted by Crippen LogP contribution is -2.44. The maximum atomic E-state index is 13.9. The van der Waals surface area contributed by atoms with Gasteiger partial charge in [0, 0.05) is 37.8 Å². The largest absolute Gasteiger partial charge is 0.314 e. The molecular formula is C12H15BrF2N2. The van der Waals surface area contributed by atoms with E-state index in [1.807, 2.05) is 6.92 Å². The summed E-state index contributed by atoms with van der Waals surface area (Å²) in [6, 6.07) is 2.47. The number of nitrogens with zero attached hydrogens (tertiary/aromatic N) is 1. The lowest BCUT2D eigenvalue weighted by molar-refractivity contribution is 0.179. The van der Waals surface area contributed by atoms with Crippen LogP contribution in [0.1, 0.15) is 18.5 Å². The minimum atomic E-state index is -0.490. The zero-order valence-electron chi connectivity index (χ0n) is 9.64. The minimum absolute atomic E-state index is 0.154. The Morgan fingerprint density at radius 1 is 1.29 bits per heavy atom. The summed E-state index contributed by atoms with van der Waals surface area (Å²) in [5.41, 5.74) is 0.154. The third-order valence-electron chi connectivity index (χ3n) is 3.20. The highest BCUT2D eigenvalue weighted by Gasteiger charge is 2.24. The van der Waals surface area contributed by atoms with Crippen LogP contribution in [0.4, 0.5) is 8.78 Å². The van der Waals surface area contributed by atoms with Gasteiger partial charge in [0.15, 0.2) is 0 Å². The number of halogens is 3. The second-order valence-electron chi connectivity index (χ2n) is 4.22. The van der Waals surface area contributed by atoms with Gasteiger partial charge in [0.25, 0.3) is 0 Å². The number of nitrogens with one attached hydrogen (secondary N) is 1. The third-order valence-corrected chi connectivity index (χ3v) is 3.81. The summed E-state index contributed by atoms with van der Waals surface area (Å²) in [6.07, 6.45) is 0. The van der Waals surface area contributed by atoms with Gasteiger partial charge in [-0.2, -0.15) is 0 Å². The van der Waals surface area contributed by atoms with Crippen molar-refractivity contribution in [3.05, 3.63) is 33.8 Å². The molecule has 1 fully saturated rings. The Balaban J connectivity index is 2.29. The van der Waals surface area contributed by atoms with Crippen molar-refractivity contribution in [3.63, 3.8) is 0 Å². The number of piperazine rings is 1. The van der Waals surface area contributed by atoms with E-state index in [1.165, 1.54) is 12.1 Å². The Labute approximate surface area is 108 Å². The molecule has 0 bridgehead atoms. The molecule has 1 aliphatic rings. The van der Waals surface area contributed by atoms with Gasteiger partial charge in [0.05, 0.1) is 4.47 Å². The Morgan fingerprint density at radius 2 is 1.94 bits per heavy atom. The van der Waals surface area contributed by atoms with E-state index in [1.54, 1.807) is 0 Å². The van der Waals surface area contributed by atoms with E-state index in [-0.39, 0.29) is 11.6 Å². The van der Waals surface area contributed by atoms with Crippen molar-refractivity contribution in [2.24, 2.45) is 0 Å². The first kappa shape index (κ1) is 12.9. The molecule has 0 aliphatic carbocycles. The van der Waals surface area contributed by atoms with E-state index < -0.39 is 11.6 Å². The monoisotopic (exact) mass is 304 g/mol. The van der Waals surface area contributed by atoms with Gasteiger partial charge in [-0.25, -0.2) is 8.78 Å². The maximum Gasteiger partial charge on any atom is 0.145 e. The summed E-state index contributed by atoms with van der Waals surface area (Å²) in [4.78, 5) is 2.09. The average Bonchev–Trinajstić information content (AvgIpc) is 2.35. The van der Waals surface area contributed by atoms with Crippen molar-refractivity contribution in [1.82, 2.24) is 10.2 Å². The highest BCUT2D eigenvalue weighted by atomic mass is 79.9. The maximum absolute atomic E-state index is 13.9. The highest BCUT2D eigenvalue weighted by molar-refractivity contribution is 9.10. The van der Waals surface area contributed by atoms with Crippen LogP contribution in [0.2, 0.25) is 0 Å². The summed E-state index contributed by atoms with van der Waals surface area (Å²) in [7, 11) is 0. The predicted molar refractivity (Wildman–Crippen MR) is 66.9 cm³/mol. The van der Waals surface area contributed by atoms with E-state index >= 15 is 0 Å². The van der Waals surface area contributed by atoms with Crippen molar-refractivity contribution in [1.29, 1.82) is 0 Å². The van der Waals surface area contributed by atoms with Crippen LogP contribution < -0.4 is 5.32 Å². The van der Waals surface area contributed by atoms with Crippen LogP contribution in [0, 0.1) is 11.6 Å². The molecule has 2 nitrogen and oxygen atoms in total. The van der Waals surface area contributed by atoms with Gasteiger partial charge in [-0.3, -0.25) is 4.90 Å².